The lowest BCUT2D eigenvalue weighted by Crippen LogP contribution is -2.36. The zero-order chi connectivity index (χ0) is 17.3. The van der Waals surface area contributed by atoms with Gasteiger partial charge in [-0.2, -0.15) is 0 Å². The predicted octanol–water partition coefficient (Wildman–Crippen LogP) is 3.38. The molecule has 0 bridgehead atoms. The highest BCUT2D eigenvalue weighted by Crippen LogP contribution is 2.27. The summed E-state index contributed by atoms with van der Waals surface area (Å²) in [5.41, 5.74) is 2.27. The van der Waals surface area contributed by atoms with E-state index in [1.165, 1.54) is 0 Å². The van der Waals surface area contributed by atoms with E-state index in [1.807, 2.05) is 6.07 Å². The number of fused-ring (bicyclic) bond motifs is 1. The van der Waals surface area contributed by atoms with Crippen molar-refractivity contribution < 1.29 is 9.90 Å². The topological polar surface area (TPSA) is 65.5 Å². The highest BCUT2D eigenvalue weighted by atomic mass is 35.5. The van der Waals surface area contributed by atoms with Crippen LogP contribution < -0.4 is 5.32 Å². The third-order valence-corrected chi connectivity index (χ3v) is 4.16. The van der Waals surface area contributed by atoms with E-state index in [2.05, 4.69) is 10.3 Å². The van der Waals surface area contributed by atoms with Crippen LogP contribution in [-0.2, 0) is 17.9 Å². The average Bonchev–Trinajstić information content (AvgIpc) is 2.52. The molecule has 0 spiro atoms. The van der Waals surface area contributed by atoms with Crippen LogP contribution in [0.25, 0.3) is 5.76 Å². The molecule has 7 heteroatoms. The Balaban J connectivity index is 1.81. The minimum atomic E-state index is -0.387. The van der Waals surface area contributed by atoms with E-state index in [1.54, 1.807) is 42.4 Å². The largest absolute Gasteiger partial charge is 0.504 e. The van der Waals surface area contributed by atoms with E-state index in [-0.39, 0.29) is 23.9 Å². The number of aliphatic hydroxyl groups is 1. The smallest absolute Gasteiger partial charge is 0.271 e. The maximum absolute atomic E-state index is 12.5. The summed E-state index contributed by atoms with van der Waals surface area (Å²) in [5, 5.41) is 14.2. The van der Waals surface area contributed by atoms with E-state index >= 15 is 0 Å². The highest BCUT2D eigenvalue weighted by molar-refractivity contribution is 6.34. The van der Waals surface area contributed by atoms with E-state index < -0.39 is 0 Å². The van der Waals surface area contributed by atoms with Crippen molar-refractivity contribution in [1.29, 1.82) is 0 Å². The van der Waals surface area contributed by atoms with Gasteiger partial charge in [-0.1, -0.05) is 29.3 Å². The molecule has 3 rings (SSSR count). The fraction of sp³-hybridized carbons (Fsp3) is 0.176. The number of carbonyl (C=O) groups excluding carboxylic acids is 1. The first-order valence-corrected chi connectivity index (χ1v) is 8.03. The standard InChI is InChI=1S/C17H15Cl2N3O2/c1-22-9-11-3-2-4-20-14(11)16(23)15(22)17(24)21-8-10-5-12(18)7-13(19)6-10/h2-7,23H,8-9H2,1H3,(H,21,24). The third-order valence-electron chi connectivity index (χ3n) is 3.72. The molecule has 1 amide bonds. The Hall–Kier alpha value is -2.24. The van der Waals surface area contributed by atoms with Gasteiger partial charge in [-0.15, -0.1) is 0 Å². The van der Waals surface area contributed by atoms with Gasteiger partial charge in [0, 0.05) is 41.9 Å². The Kier molecular flexibility index (Phi) is 4.64. The van der Waals surface area contributed by atoms with Gasteiger partial charge < -0.3 is 15.3 Å². The number of aromatic nitrogens is 1. The number of hydrogen-bond acceptors (Lipinski definition) is 4. The molecule has 1 aromatic carbocycles. The van der Waals surface area contributed by atoms with E-state index in [9.17, 15) is 9.90 Å². The Morgan fingerprint density at radius 3 is 2.75 bits per heavy atom. The maximum Gasteiger partial charge on any atom is 0.271 e. The Bertz CT molecular complexity index is 816. The molecule has 1 aromatic heterocycles. The quantitative estimate of drug-likeness (QED) is 0.877. The average molecular weight is 364 g/mol. The monoisotopic (exact) mass is 363 g/mol. The van der Waals surface area contributed by atoms with Crippen molar-refractivity contribution in [3.8, 4) is 0 Å². The van der Waals surface area contributed by atoms with Crippen molar-refractivity contribution in [2.75, 3.05) is 7.05 Å². The van der Waals surface area contributed by atoms with Crippen LogP contribution >= 0.6 is 23.2 Å². The lowest BCUT2D eigenvalue weighted by molar-refractivity contribution is -0.119. The van der Waals surface area contributed by atoms with Gasteiger partial charge in [0.15, 0.2) is 5.76 Å². The van der Waals surface area contributed by atoms with Crippen molar-refractivity contribution in [3.63, 3.8) is 0 Å². The molecule has 0 aliphatic carbocycles. The number of pyridine rings is 1. The van der Waals surface area contributed by atoms with Gasteiger partial charge in [0.1, 0.15) is 11.4 Å². The van der Waals surface area contributed by atoms with Crippen LogP contribution in [0, 0.1) is 0 Å². The molecule has 0 saturated carbocycles. The first-order chi connectivity index (χ1) is 11.5. The molecule has 124 valence electrons. The minimum absolute atomic E-state index is 0.124. The summed E-state index contributed by atoms with van der Waals surface area (Å²) in [6.45, 7) is 0.748. The molecule has 0 atom stereocenters. The Morgan fingerprint density at radius 1 is 1.33 bits per heavy atom. The predicted molar refractivity (Wildman–Crippen MR) is 93.6 cm³/mol. The van der Waals surface area contributed by atoms with Crippen molar-refractivity contribution in [2.24, 2.45) is 0 Å². The molecule has 0 saturated heterocycles. The first-order valence-electron chi connectivity index (χ1n) is 7.27. The maximum atomic E-state index is 12.5. The molecule has 2 heterocycles. The SMILES string of the molecule is CN1Cc2cccnc2C(O)=C1C(=O)NCc1cc(Cl)cc(Cl)c1. The van der Waals surface area contributed by atoms with Crippen molar-refractivity contribution in [3.05, 3.63) is 69.1 Å². The molecule has 5 nitrogen and oxygen atoms in total. The van der Waals surface area contributed by atoms with Gasteiger partial charge in [0.05, 0.1) is 0 Å². The number of carbonyl (C=O) groups is 1. The molecule has 2 N–H and O–H groups in total. The molecule has 0 unspecified atom stereocenters. The molecular weight excluding hydrogens is 349 g/mol. The Labute approximate surface area is 149 Å². The normalized spacial score (nSPS) is 13.7. The first kappa shape index (κ1) is 16.6. The van der Waals surface area contributed by atoms with Crippen LogP contribution in [-0.4, -0.2) is 27.9 Å². The number of benzene rings is 1. The van der Waals surface area contributed by atoms with Crippen LogP contribution in [0.5, 0.6) is 0 Å². The number of hydrogen-bond donors (Lipinski definition) is 2. The second kappa shape index (κ2) is 6.71. The molecule has 1 aliphatic rings. The van der Waals surface area contributed by atoms with Crippen molar-refractivity contribution >= 4 is 34.9 Å². The zero-order valence-electron chi connectivity index (χ0n) is 12.9. The van der Waals surface area contributed by atoms with Gasteiger partial charge in [-0.3, -0.25) is 9.78 Å². The lowest BCUT2D eigenvalue weighted by atomic mass is 10.1. The second-order valence-corrected chi connectivity index (χ2v) is 6.40. The zero-order valence-corrected chi connectivity index (χ0v) is 14.4. The molecule has 1 aliphatic heterocycles. The summed E-state index contributed by atoms with van der Waals surface area (Å²) in [7, 11) is 1.75. The summed E-state index contributed by atoms with van der Waals surface area (Å²) in [6.07, 6.45) is 1.59. The van der Waals surface area contributed by atoms with Gasteiger partial charge in [-0.25, -0.2) is 0 Å². The van der Waals surface area contributed by atoms with Crippen LogP contribution in [0.2, 0.25) is 10.0 Å². The number of nitrogens with zero attached hydrogens (tertiary/aromatic N) is 2. The summed E-state index contributed by atoms with van der Waals surface area (Å²) < 4.78 is 0. The second-order valence-electron chi connectivity index (χ2n) is 5.52. The van der Waals surface area contributed by atoms with Gasteiger partial charge in [0.25, 0.3) is 5.91 Å². The summed E-state index contributed by atoms with van der Waals surface area (Å²) in [6, 6.07) is 8.75. The van der Waals surface area contributed by atoms with E-state index in [0.717, 1.165) is 11.1 Å². The van der Waals surface area contributed by atoms with Crippen molar-refractivity contribution in [2.45, 2.75) is 13.1 Å². The number of aliphatic hydroxyl groups excluding tert-OH is 1. The number of likely N-dealkylation sites (N-methyl/N-ethyl adjacent to an activating group) is 1. The van der Waals surface area contributed by atoms with Crippen LogP contribution in [0.15, 0.2) is 42.2 Å². The summed E-state index contributed by atoms with van der Waals surface area (Å²) in [4.78, 5) is 18.4. The number of amides is 1. The van der Waals surface area contributed by atoms with Gasteiger partial charge >= 0.3 is 0 Å². The third kappa shape index (κ3) is 3.32. The van der Waals surface area contributed by atoms with Gasteiger partial charge in [-0.05, 0) is 29.8 Å². The van der Waals surface area contributed by atoms with Crippen LogP contribution in [0.3, 0.4) is 0 Å². The van der Waals surface area contributed by atoms with Crippen molar-refractivity contribution in [1.82, 2.24) is 15.2 Å². The number of rotatable bonds is 3. The van der Waals surface area contributed by atoms with E-state index in [0.29, 0.717) is 22.3 Å². The Morgan fingerprint density at radius 2 is 2.04 bits per heavy atom. The number of nitrogens with one attached hydrogen (secondary N) is 1. The fourth-order valence-electron chi connectivity index (χ4n) is 2.67. The fourth-order valence-corrected chi connectivity index (χ4v) is 3.24. The van der Waals surface area contributed by atoms with E-state index in [4.69, 9.17) is 23.2 Å². The lowest BCUT2D eigenvalue weighted by Gasteiger charge is -2.28. The van der Waals surface area contributed by atoms with Crippen LogP contribution in [0.1, 0.15) is 16.8 Å². The van der Waals surface area contributed by atoms with Crippen LogP contribution in [0.4, 0.5) is 0 Å². The summed E-state index contributed by atoms with van der Waals surface area (Å²) >= 11 is 11.9. The molecular formula is C17H15Cl2N3O2. The highest BCUT2D eigenvalue weighted by Gasteiger charge is 2.28. The summed E-state index contributed by atoms with van der Waals surface area (Å²) in [5.74, 6) is -0.511. The molecule has 24 heavy (non-hydrogen) atoms. The minimum Gasteiger partial charge on any atom is -0.504 e. The molecule has 0 radical (unpaired) electrons. The van der Waals surface area contributed by atoms with Gasteiger partial charge in [0.2, 0.25) is 0 Å². The number of halogens is 2. The molecule has 2 aromatic rings. The molecule has 0 fully saturated rings.